The molecule has 72 valence electrons. The predicted octanol–water partition coefficient (Wildman–Crippen LogP) is 1.51. The highest BCUT2D eigenvalue weighted by atomic mass is 16.3. The first-order valence-corrected chi connectivity index (χ1v) is 4.52. The Hall–Kier alpha value is -1.09. The normalized spacial score (nSPS) is 15.0. The Balaban J connectivity index is 2.50. The van der Waals surface area contributed by atoms with Crippen molar-refractivity contribution in [2.24, 2.45) is 5.92 Å². The Morgan fingerprint density at radius 2 is 2.23 bits per heavy atom. The van der Waals surface area contributed by atoms with E-state index in [2.05, 4.69) is 10.3 Å². The second-order valence-corrected chi connectivity index (χ2v) is 3.31. The first-order valence-electron chi connectivity index (χ1n) is 4.52. The van der Waals surface area contributed by atoms with Gasteiger partial charge in [0.25, 0.3) is 0 Å². The molecule has 0 saturated heterocycles. The van der Waals surface area contributed by atoms with Crippen molar-refractivity contribution in [3.8, 4) is 0 Å². The number of anilines is 1. The number of aliphatic hydroxyl groups excluding tert-OH is 1. The third kappa shape index (κ3) is 3.03. The van der Waals surface area contributed by atoms with E-state index in [-0.39, 0.29) is 18.6 Å². The van der Waals surface area contributed by atoms with Crippen LogP contribution in [-0.2, 0) is 0 Å². The van der Waals surface area contributed by atoms with Gasteiger partial charge in [0.1, 0.15) is 5.82 Å². The summed E-state index contributed by atoms with van der Waals surface area (Å²) in [6.07, 6.45) is 1.75. The largest absolute Gasteiger partial charge is 0.396 e. The molecule has 0 radical (unpaired) electrons. The first kappa shape index (κ1) is 9.99. The van der Waals surface area contributed by atoms with Gasteiger partial charge in [-0.05, 0) is 25.0 Å². The van der Waals surface area contributed by atoms with Crippen LogP contribution in [0.2, 0.25) is 0 Å². The van der Waals surface area contributed by atoms with E-state index in [1.807, 2.05) is 32.0 Å². The lowest BCUT2D eigenvalue weighted by atomic mass is 10.1. The van der Waals surface area contributed by atoms with Crippen molar-refractivity contribution in [2.75, 3.05) is 11.9 Å². The number of aromatic nitrogens is 1. The number of nitrogens with zero attached hydrogens (tertiary/aromatic N) is 1. The molecule has 0 amide bonds. The highest BCUT2D eigenvalue weighted by molar-refractivity contribution is 5.34. The smallest absolute Gasteiger partial charge is 0.126 e. The second-order valence-electron chi connectivity index (χ2n) is 3.31. The Bertz CT molecular complexity index is 238. The Labute approximate surface area is 78.8 Å². The van der Waals surface area contributed by atoms with Crippen molar-refractivity contribution < 1.29 is 5.11 Å². The fourth-order valence-corrected chi connectivity index (χ4v) is 0.982. The summed E-state index contributed by atoms with van der Waals surface area (Å²) >= 11 is 0. The summed E-state index contributed by atoms with van der Waals surface area (Å²) in [7, 11) is 0. The van der Waals surface area contributed by atoms with Gasteiger partial charge in [-0.1, -0.05) is 13.0 Å². The van der Waals surface area contributed by atoms with Crippen LogP contribution in [-0.4, -0.2) is 22.7 Å². The van der Waals surface area contributed by atoms with Crippen LogP contribution in [0.1, 0.15) is 13.8 Å². The molecule has 0 spiro atoms. The molecule has 13 heavy (non-hydrogen) atoms. The zero-order valence-corrected chi connectivity index (χ0v) is 8.07. The summed E-state index contributed by atoms with van der Waals surface area (Å²) in [6, 6.07) is 5.97. The van der Waals surface area contributed by atoms with Crippen molar-refractivity contribution >= 4 is 5.82 Å². The van der Waals surface area contributed by atoms with Crippen molar-refractivity contribution in [2.45, 2.75) is 19.9 Å². The molecule has 2 N–H and O–H groups in total. The summed E-state index contributed by atoms with van der Waals surface area (Å²) in [6.45, 7) is 4.23. The van der Waals surface area contributed by atoms with Gasteiger partial charge in [0.05, 0.1) is 0 Å². The van der Waals surface area contributed by atoms with Crippen molar-refractivity contribution in [3.63, 3.8) is 0 Å². The summed E-state index contributed by atoms with van der Waals surface area (Å²) in [5, 5.41) is 12.1. The maximum absolute atomic E-state index is 8.92. The van der Waals surface area contributed by atoms with Crippen LogP contribution in [0.5, 0.6) is 0 Å². The quantitative estimate of drug-likeness (QED) is 0.738. The minimum atomic E-state index is 0.195. The van der Waals surface area contributed by atoms with E-state index < -0.39 is 0 Å². The highest BCUT2D eigenvalue weighted by Crippen LogP contribution is 2.08. The lowest BCUT2D eigenvalue weighted by molar-refractivity contribution is 0.226. The first-order chi connectivity index (χ1) is 6.24. The molecule has 0 fully saturated rings. The molecule has 1 aromatic heterocycles. The van der Waals surface area contributed by atoms with Crippen molar-refractivity contribution in [3.05, 3.63) is 24.4 Å². The molecule has 3 heteroatoms. The van der Waals surface area contributed by atoms with Crippen LogP contribution in [0.25, 0.3) is 0 Å². The van der Waals surface area contributed by atoms with E-state index in [0.29, 0.717) is 0 Å². The molecule has 2 unspecified atom stereocenters. The van der Waals surface area contributed by atoms with Crippen molar-refractivity contribution in [1.29, 1.82) is 0 Å². The van der Waals surface area contributed by atoms with Gasteiger partial charge >= 0.3 is 0 Å². The maximum Gasteiger partial charge on any atom is 0.126 e. The summed E-state index contributed by atoms with van der Waals surface area (Å²) in [5.74, 6) is 1.09. The molecule has 1 heterocycles. The van der Waals surface area contributed by atoms with E-state index in [0.717, 1.165) is 5.82 Å². The molecule has 0 aliphatic rings. The number of nitrogens with one attached hydrogen (secondary N) is 1. The molecule has 1 aromatic rings. The number of aliphatic hydroxyl groups is 1. The fourth-order valence-electron chi connectivity index (χ4n) is 0.982. The third-order valence-corrected chi connectivity index (χ3v) is 2.18. The van der Waals surface area contributed by atoms with Gasteiger partial charge in [-0.3, -0.25) is 0 Å². The van der Waals surface area contributed by atoms with Crippen LogP contribution in [0.3, 0.4) is 0 Å². The van der Waals surface area contributed by atoms with E-state index >= 15 is 0 Å². The molecule has 0 bridgehead atoms. The summed E-state index contributed by atoms with van der Waals surface area (Å²) < 4.78 is 0. The monoisotopic (exact) mass is 180 g/mol. The molecule has 2 atom stereocenters. The molecule has 3 nitrogen and oxygen atoms in total. The Morgan fingerprint density at radius 1 is 1.46 bits per heavy atom. The molecule has 0 aliphatic carbocycles. The zero-order chi connectivity index (χ0) is 9.68. The van der Waals surface area contributed by atoms with Crippen LogP contribution >= 0.6 is 0 Å². The van der Waals surface area contributed by atoms with E-state index in [1.54, 1.807) is 6.20 Å². The van der Waals surface area contributed by atoms with Gasteiger partial charge in [0.15, 0.2) is 0 Å². The standard InChI is InChI=1S/C10H16N2O/c1-8(7-13)9(2)12-10-5-3-4-6-11-10/h3-6,8-9,13H,7H2,1-2H3,(H,11,12). The van der Waals surface area contributed by atoms with Gasteiger partial charge < -0.3 is 10.4 Å². The van der Waals surface area contributed by atoms with E-state index in [9.17, 15) is 0 Å². The van der Waals surface area contributed by atoms with E-state index in [1.165, 1.54) is 0 Å². The number of rotatable bonds is 4. The molecular weight excluding hydrogens is 164 g/mol. The number of hydrogen-bond acceptors (Lipinski definition) is 3. The number of pyridine rings is 1. The SMILES string of the molecule is CC(CO)C(C)Nc1ccccn1. The molecule has 1 rings (SSSR count). The van der Waals surface area contributed by atoms with Crippen LogP contribution in [0.15, 0.2) is 24.4 Å². The fraction of sp³-hybridized carbons (Fsp3) is 0.500. The average molecular weight is 180 g/mol. The minimum absolute atomic E-state index is 0.195. The molecule has 0 saturated carbocycles. The van der Waals surface area contributed by atoms with Crippen molar-refractivity contribution in [1.82, 2.24) is 4.98 Å². The van der Waals surface area contributed by atoms with Crippen LogP contribution in [0.4, 0.5) is 5.82 Å². The van der Waals surface area contributed by atoms with Crippen LogP contribution < -0.4 is 5.32 Å². The highest BCUT2D eigenvalue weighted by Gasteiger charge is 2.10. The lowest BCUT2D eigenvalue weighted by Gasteiger charge is -2.19. The van der Waals surface area contributed by atoms with Crippen LogP contribution in [0, 0.1) is 5.92 Å². The van der Waals surface area contributed by atoms with Gasteiger partial charge in [0, 0.05) is 18.8 Å². The summed E-state index contributed by atoms with van der Waals surface area (Å²) in [4.78, 5) is 4.14. The topological polar surface area (TPSA) is 45.1 Å². The van der Waals surface area contributed by atoms with Gasteiger partial charge in [0.2, 0.25) is 0 Å². The Kier molecular flexibility index (Phi) is 3.71. The third-order valence-electron chi connectivity index (χ3n) is 2.18. The molecule has 0 aromatic carbocycles. The van der Waals surface area contributed by atoms with Gasteiger partial charge in [-0.25, -0.2) is 4.98 Å². The molecular formula is C10H16N2O. The Morgan fingerprint density at radius 3 is 2.77 bits per heavy atom. The van der Waals surface area contributed by atoms with Gasteiger partial charge in [-0.15, -0.1) is 0 Å². The molecule has 0 aliphatic heterocycles. The van der Waals surface area contributed by atoms with Gasteiger partial charge in [-0.2, -0.15) is 0 Å². The van der Waals surface area contributed by atoms with E-state index in [4.69, 9.17) is 5.11 Å². The summed E-state index contributed by atoms with van der Waals surface area (Å²) in [5.41, 5.74) is 0. The minimum Gasteiger partial charge on any atom is -0.396 e. The lowest BCUT2D eigenvalue weighted by Crippen LogP contribution is -2.26. The number of hydrogen-bond donors (Lipinski definition) is 2. The second kappa shape index (κ2) is 4.82. The zero-order valence-electron chi connectivity index (χ0n) is 8.07. The maximum atomic E-state index is 8.92. The average Bonchev–Trinajstić information content (AvgIpc) is 2.18. The predicted molar refractivity (Wildman–Crippen MR) is 53.6 cm³/mol.